The molecule has 0 unspecified atom stereocenters. The molecule has 1 aliphatic heterocycles. The smallest absolute Gasteiger partial charge is 0.254 e. The first-order valence-electron chi connectivity index (χ1n) is 6.55. The van der Waals surface area contributed by atoms with Crippen LogP contribution >= 0.6 is 11.3 Å². The average Bonchev–Trinajstić information content (AvgIpc) is 2.69. The highest BCUT2D eigenvalue weighted by Gasteiger charge is 2.37. The van der Waals surface area contributed by atoms with Gasteiger partial charge in [-0.15, -0.1) is 11.3 Å². The van der Waals surface area contributed by atoms with Crippen LogP contribution in [0.5, 0.6) is 0 Å². The van der Waals surface area contributed by atoms with Crippen LogP contribution in [0.25, 0.3) is 0 Å². The number of hydrogen-bond acceptors (Lipinski definition) is 5. The van der Waals surface area contributed by atoms with Gasteiger partial charge in [0, 0.05) is 18.6 Å². The molecule has 0 saturated carbocycles. The van der Waals surface area contributed by atoms with Gasteiger partial charge >= 0.3 is 0 Å². The van der Waals surface area contributed by atoms with E-state index in [4.69, 9.17) is 5.73 Å². The molecule has 1 aromatic heterocycles. The van der Waals surface area contributed by atoms with E-state index in [0.717, 1.165) is 24.3 Å². The second-order valence-electron chi connectivity index (χ2n) is 5.14. The van der Waals surface area contributed by atoms with E-state index in [1.807, 2.05) is 13.8 Å². The van der Waals surface area contributed by atoms with E-state index in [9.17, 15) is 8.42 Å². The molecule has 0 aliphatic carbocycles. The van der Waals surface area contributed by atoms with Crippen molar-refractivity contribution in [2.75, 3.05) is 6.54 Å². The highest BCUT2D eigenvalue weighted by molar-refractivity contribution is 7.91. The van der Waals surface area contributed by atoms with Gasteiger partial charge in [-0.1, -0.05) is 6.42 Å². The summed E-state index contributed by atoms with van der Waals surface area (Å²) in [5.41, 5.74) is 6.55. The van der Waals surface area contributed by atoms with E-state index in [1.54, 1.807) is 11.2 Å². The lowest BCUT2D eigenvalue weighted by atomic mass is 10.00. The number of sulfonamides is 1. The van der Waals surface area contributed by atoms with Gasteiger partial charge in [-0.05, 0) is 33.6 Å². The van der Waals surface area contributed by atoms with Gasteiger partial charge in [0.2, 0.25) is 0 Å². The molecule has 5 nitrogen and oxygen atoms in total. The first-order valence-corrected chi connectivity index (χ1v) is 8.81. The van der Waals surface area contributed by atoms with Crippen molar-refractivity contribution in [2.45, 2.75) is 56.3 Å². The standard InChI is InChI=1S/C12H21N3O2S2/c1-8(13)11-6-4-5-7-15(11)19(16,17)12-9(2)14-10(3)18-12/h8,11H,4-7,13H2,1-3H3/t8-,11-/m0/s1. The molecule has 2 N–H and O–H groups in total. The fraction of sp³-hybridized carbons (Fsp3) is 0.750. The highest BCUT2D eigenvalue weighted by atomic mass is 32.2. The summed E-state index contributed by atoms with van der Waals surface area (Å²) >= 11 is 1.25. The fourth-order valence-electron chi connectivity index (χ4n) is 2.61. The summed E-state index contributed by atoms with van der Waals surface area (Å²) in [7, 11) is -3.46. The maximum atomic E-state index is 12.8. The van der Waals surface area contributed by atoms with Crippen molar-refractivity contribution in [1.29, 1.82) is 0 Å². The van der Waals surface area contributed by atoms with E-state index in [0.29, 0.717) is 16.4 Å². The molecule has 0 spiro atoms. The van der Waals surface area contributed by atoms with E-state index >= 15 is 0 Å². The third-order valence-corrected chi connectivity index (χ3v) is 7.09. The SMILES string of the molecule is Cc1nc(C)c(S(=O)(=O)N2CCCC[C@H]2[C@H](C)N)s1. The van der Waals surface area contributed by atoms with Crippen LogP contribution in [0.15, 0.2) is 4.21 Å². The van der Waals surface area contributed by atoms with E-state index in [2.05, 4.69) is 4.98 Å². The Hall–Kier alpha value is -0.500. The van der Waals surface area contributed by atoms with Crippen molar-refractivity contribution in [1.82, 2.24) is 9.29 Å². The molecule has 0 radical (unpaired) electrons. The zero-order valence-electron chi connectivity index (χ0n) is 11.6. The van der Waals surface area contributed by atoms with Crippen LogP contribution in [-0.4, -0.2) is 36.3 Å². The molecular weight excluding hydrogens is 282 g/mol. The fourth-order valence-corrected chi connectivity index (χ4v) is 5.98. The second-order valence-corrected chi connectivity index (χ2v) is 8.43. The highest BCUT2D eigenvalue weighted by Crippen LogP contribution is 2.31. The van der Waals surface area contributed by atoms with Crippen molar-refractivity contribution in [3.8, 4) is 0 Å². The van der Waals surface area contributed by atoms with Crippen molar-refractivity contribution >= 4 is 21.4 Å². The summed E-state index contributed by atoms with van der Waals surface area (Å²) in [5, 5.41) is 0.783. The molecule has 1 fully saturated rings. The largest absolute Gasteiger partial charge is 0.326 e. The first-order chi connectivity index (χ1) is 8.84. The van der Waals surface area contributed by atoms with Crippen LogP contribution in [0.2, 0.25) is 0 Å². The Labute approximate surface area is 118 Å². The molecule has 2 atom stereocenters. The van der Waals surface area contributed by atoms with Crippen LogP contribution in [0.4, 0.5) is 0 Å². The minimum Gasteiger partial charge on any atom is -0.326 e. The molecule has 0 aromatic carbocycles. The zero-order valence-corrected chi connectivity index (χ0v) is 13.2. The minimum atomic E-state index is -3.46. The number of piperidine rings is 1. The van der Waals surface area contributed by atoms with E-state index < -0.39 is 10.0 Å². The molecule has 2 rings (SSSR count). The van der Waals surface area contributed by atoms with Gasteiger partial charge < -0.3 is 5.73 Å². The van der Waals surface area contributed by atoms with Gasteiger partial charge in [-0.2, -0.15) is 4.31 Å². The molecule has 7 heteroatoms. The van der Waals surface area contributed by atoms with Gasteiger partial charge in [0.25, 0.3) is 10.0 Å². The van der Waals surface area contributed by atoms with Crippen LogP contribution in [0, 0.1) is 13.8 Å². The number of aromatic nitrogens is 1. The van der Waals surface area contributed by atoms with Gasteiger partial charge in [-0.25, -0.2) is 13.4 Å². The van der Waals surface area contributed by atoms with Gasteiger partial charge in [-0.3, -0.25) is 0 Å². The summed E-state index contributed by atoms with van der Waals surface area (Å²) < 4.78 is 27.5. The molecule has 1 saturated heterocycles. The Kier molecular flexibility index (Phi) is 4.29. The average molecular weight is 303 g/mol. The number of rotatable bonds is 3. The number of nitrogens with zero attached hydrogens (tertiary/aromatic N) is 2. The number of thiazole rings is 1. The summed E-state index contributed by atoms with van der Waals surface area (Å²) in [5.74, 6) is 0. The van der Waals surface area contributed by atoms with Crippen LogP contribution in [0.3, 0.4) is 0 Å². The monoisotopic (exact) mass is 303 g/mol. The van der Waals surface area contributed by atoms with Crippen LogP contribution in [-0.2, 0) is 10.0 Å². The second kappa shape index (κ2) is 5.47. The minimum absolute atomic E-state index is 0.0967. The third-order valence-electron chi connectivity index (χ3n) is 3.51. The van der Waals surface area contributed by atoms with Crippen molar-refractivity contribution < 1.29 is 8.42 Å². The molecule has 19 heavy (non-hydrogen) atoms. The van der Waals surface area contributed by atoms with Crippen LogP contribution in [0.1, 0.15) is 36.9 Å². The lowest BCUT2D eigenvalue weighted by molar-refractivity contribution is 0.227. The Bertz CT molecular complexity index is 551. The van der Waals surface area contributed by atoms with Crippen LogP contribution < -0.4 is 5.73 Å². The topological polar surface area (TPSA) is 76.3 Å². The maximum Gasteiger partial charge on any atom is 0.254 e. The summed E-state index contributed by atoms with van der Waals surface area (Å²) in [6, 6.07) is -0.245. The molecule has 0 bridgehead atoms. The van der Waals surface area contributed by atoms with Crippen molar-refractivity contribution in [3.63, 3.8) is 0 Å². The van der Waals surface area contributed by atoms with Gasteiger partial charge in [0.05, 0.1) is 10.7 Å². The summed E-state index contributed by atoms with van der Waals surface area (Å²) in [4.78, 5) is 4.22. The summed E-state index contributed by atoms with van der Waals surface area (Å²) in [6.45, 7) is 6.02. The lowest BCUT2D eigenvalue weighted by Crippen LogP contribution is -2.51. The Morgan fingerprint density at radius 3 is 2.63 bits per heavy atom. The Balaban J connectivity index is 2.40. The Morgan fingerprint density at radius 1 is 1.42 bits per heavy atom. The van der Waals surface area contributed by atoms with Crippen molar-refractivity contribution in [3.05, 3.63) is 10.7 Å². The van der Waals surface area contributed by atoms with Gasteiger partial charge in [0.1, 0.15) is 0 Å². The quantitative estimate of drug-likeness (QED) is 0.921. The molecule has 2 heterocycles. The number of hydrogen-bond donors (Lipinski definition) is 1. The molecule has 1 aromatic rings. The number of aryl methyl sites for hydroxylation is 2. The molecular formula is C12H21N3O2S2. The molecule has 108 valence electrons. The zero-order chi connectivity index (χ0) is 14.2. The number of nitrogens with two attached hydrogens (primary N) is 1. The molecule has 0 amide bonds. The lowest BCUT2D eigenvalue weighted by Gasteiger charge is -2.36. The van der Waals surface area contributed by atoms with E-state index in [1.165, 1.54) is 11.3 Å². The molecule has 1 aliphatic rings. The van der Waals surface area contributed by atoms with Gasteiger partial charge in [0.15, 0.2) is 4.21 Å². The predicted octanol–water partition coefficient (Wildman–Crippen LogP) is 1.65. The Morgan fingerprint density at radius 2 is 2.11 bits per heavy atom. The third kappa shape index (κ3) is 2.84. The van der Waals surface area contributed by atoms with E-state index in [-0.39, 0.29) is 12.1 Å². The normalized spacial score (nSPS) is 23.5. The predicted molar refractivity (Wildman–Crippen MR) is 76.8 cm³/mol. The first kappa shape index (κ1) is 14.9. The van der Waals surface area contributed by atoms with Crippen molar-refractivity contribution in [2.24, 2.45) is 5.73 Å². The summed E-state index contributed by atoms with van der Waals surface area (Å²) in [6.07, 6.45) is 2.78. The maximum absolute atomic E-state index is 12.8.